The maximum atomic E-state index is 6.51. The summed E-state index contributed by atoms with van der Waals surface area (Å²) in [6.07, 6.45) is 7.60. The first-order valence-corrected chi connectivity index (χ1v) is 10.2. The maximum absolute atomic E-state index is 6.51. The lowest BCUT2D eigenvalue weighted by molar-refractivity contribution is -0.171. The van der Waals surface area contributed by atoms with Crippen molar-refractivity contribution in [3.8, 4) is 0 Å². The largest absolute Gasteiger partial charge is 0.369 e. The van der Waals surface area contributed by atoms with E-state index in [2.05, 4.69) is 63.7 Å². The van der Waals surface area contributed by atoms with Gasteiger partial charge in [0, 0.05) is 52.2 Å². The van der Waals surface area contributed by atoms with Gasteiger partial charge in [-0.25, -0.2) is 4.98 Å². The van der Waals surface area contributed by atoms with Gasteiger partial charge in [-0.15, -0.1) is 0 Å². The number of rotatable bonds is 5. The van der Waals surface area contributed by atoms with Gasteiger partial charge >= 0.3 is 0 Å². The Labute approximate surface area is 162 Å². The molecule has 0 N–H and O–H groups in total. The second-order valence-electron chi connectivity index (χ2n) is 8.31. The number of benzene rings is 1. The van der Waals surface area contributed by atoms with Crippen LogP contribution in [-0.4, -0.2) is 63.8 Å². The summed E-state index contributed by atoms with van der Waals surface area (Å²) in [5.74, 6) is 1.14. The first kappa shape index (κ1) is 18.7. The molecule has 1 spiro atoms. The number of aryl methyl sites for hydroxylation is 1. The zero-order chi connectivity index (χ0) is 18.7. The Kier molecular flexibility index (Phi) is 5.62. The molecule has 2 aromatic rings. The Balaban J connectivity index is 1.31. The quantitative estimate of drug-likeness (QED) is 0.813. The third-order valence-corrected chi connectivity index (χ3v) is 6.09. The predicted molar refractivity (Wildman–Crippen MR) is 108 cm³/mol. The highest BCUT2D eigenvalue weighted by Crippen LogP contribution is 2.32. The summed E-state index contributed by atoms with van der Waals surface area (Å²) in [6.45, 7) is 8.56. The number of imidazole rings is 1. The van der Waals surface area contributed by atoms with E-state index >= 15 is 0 Å². The topological polar surface area (TPSA) is 33.5 Å². The van der Waals surface area contributed by atoms with E-state index in [1.54, 1.807) is 0 Å². The van der Waals surface area contributed by atoms with Gasteiger partial charge in [0.05, 0.1) is 18.2 Å². The number of hydrogen-bond donors (Lipinski definition) is 0. The average Bonchev–Trinajstić information content (AvgIpc) is 3.06. The molecule has 0 amide bonds. The summed E-state index contributed by atoms with van der Waals surface area (Å²) in [5.41, 5.74) is 1.45. The first-order valence-electron chi connectivity index (χ1n) is 10.2. The lowest BCUT2D eigenvalue weighted by Gasteiger charge is -2.49. The van der Waals surface area contributed by atoms with Crippen LogP contribution in [0.5, 0.6) is 0 Å². The molecule has 0 aliphatic carbocycles. The van der Waals surface area contributed by atoms with Crippen LogP contribution in [0.3, 0.4) is 0 Å². The Hall–Kier alpha value is -1.69. The molecule has 1 aromatic heterocycles. The molecule has 146 valence electrons. The molecule has 4 rings (SSSR count). The van der Waals surface area contributed by atoms with Crippen LogP contribution >= 0.6 is 0 Å². The van der Waals surface area contributed by atoms with E-state index in [0.717, 1.165) is 64.4 Å². The van der Waals surface area contributed by atoms with Gasteiger partial charge in [0.1, 0.15) is 5.82 Å². The van der Waals surface area contributed by atoms with E-state index in [4.69, 9.17) is 4.74 Å². The van der Waals surface area contributed by atoms with Crippen molar-refractivity contribution in [2.75, 3.05) is 32.7 Å². The van der Waals surface area contributed by atoms with Crippen LogP contribution in [0.1, 0.15) is 31.2 Å². The highest BCUT2D eigenvalue weighted by molar-refractivity contribution is 5.15. The minimum absolute atomic E-state index is 0.0199. The zero-order valence-corrected chi connectivity index (χ0v) is 16.7. The molecule has 2 aliphatic rings. The van der Waals surface area contributed by atoms with Crippen molar-refractivity contribution in [3.63, 3.8) is 0 Å². The van der Waals surface area contributed by atoms with E-state index in [9.17, 15) is 0 Å². The van der Waals surface area contributed by atoms with Crippen LogP contribution in [0.25, 0.3) is 0 Å². The third-order valence-electron chi connectivity index (χ3n) is 6.09. The van der Waals surface area contributed by atoms with Crippen molar-refractivity contribution in [1.29, 1.82) is 0 Å². The summed E-state index contributed by atoms with van der Waals surface area (Å²) >= 11 is 0. The molecule has 1 unspecified atom stereocenters. The molecule has 2 saturated heterocycles. The Morgan fingerprint density at radius 3 is 2.63 bits per heavy atom. The average molecular weight is 369 g/mol. The number of ether oxygens (including phenoxy) is 1. The van der Waals surface area contributed by atoms with E-state index in [-0.39, 0.29) is 11.7 Å². The smallest absolute Gasteiger partial charge is 0.122 e. The fraction of sp³-hybridized carbons (Fsp3) is 0.591. The van der Waals surface area contributed by atoms with Crippen LogP contribution < -0.4 is 0 Å². The van der Waals surface area contributed by atoms with Gasteiger partial charge < -0.3 is 14.2 Å². The summed E-state index contributed by atoms with van der Waals surface area (Å²) in [4.78, 5) is 9.64. The summed E-state index contributed by atoms with van der Waals surface area (Å²) in [6, 6.07) is 10.8. The van der Waals surface area contributed by atoms with E-state index < -0.39 is 0 Å². The fourth-order valence-electron chi connectivity index (χ4n) is 4.60. The van der Waals surface area contributed by atoms with Gasteiger partial charge in [-0.1, -0.05) is 30.3 Å². The van der Waals surface area contributed by atoms with Gasteiger partial charge in [-0.2, -0.15) is 0 Å². The van der Waals surface area contributed by atoms with E-state index in [1.165, 1.54) is 5.56 Å². The van der Waals surface area contributed by atoms with Crippen LogP contribution in [0.2, 0.25) is 0 Å². The van der Waals surface area contributed by atoms with Crippen molar-refractivity contribution >= 4 is 0 Å². The van der Waals surface area contributed by atoms with Gasteiger partial charge in [0.25, 0.3) is 0 Å². The number of aromatic nitrogens is 2. The molecule has 3 heterocycles. The molecule has 2 fully saturated rings. The van der Waals surface area contributed by atoms with Crippen LogP contribution in [-0.2, 0) is 24.8 Å². The molecular formula is C22H32N4O. The minimum Gasteiger partial charge on any atom is -0.369 e. The lowest BCUT2D eigenvalue weighted by atomic mass is 9.88. The molecule has 5 heteroatoms. The second kappa shape index (κ2) is 8.13. The summed E-state index contributed by atoms with van der Waals surface area (Å²) < 4.78 is 8.63. The Morgan fingerprint density at radius 2 is 1.93 bits per heavy atom. The standard InChI is InChI=1S/C22H32N4O/c1-19-16-26(17-21-23-11-15-24(21)2)18-22(27-19)9-13-25(14-10-22)12-8-20-6-4-3-5-7-20/h3-7,11,15,19H,8-10,12-14,16-18H2,1-2H3. The van der Waals surface area contributed by atoms with Gasteiger partial charge in [-0.05, 0) is 31.7 Å². The molecule has 1 aromatic carbocycles. The molecule has 1 atom stereocenters. The predicted octanol–water partition coefficient (Wildman–Crippen LogP) is 2.72. The zero-order valence-electron chi connectivity index (χ0n) is 16.7. The van der Waals surface area contributed by atoms with Crippen LogP contribution in [0.15, 0.2) is 42.7 Å². The molecule has 0 bridgehead atoms. The van der Waals surface area contributed by atoms with Crippen molar-refractivity contribution in [3.05, 3.63) is 54.1 Å². The second-order valence-corrected chi connectivity index (χ2v) is 8.31. The summed E-state index contributed by atoms with van der Waals surface area (Å²) in [5, 5.41) is 0. The fourth-order valence-corrected chi connectivity index (χ4v) is 4.60. The number of likely N-dealkylation sites (tertiary alicyclic amines) is 1. The van der Waals surface area contributed by atoms with Crippen molar-refractivity contribution in [2.24, 2.45) is 7.05 Å². The molecule has 0 radical (unpaired) electrons. The summed E-state index contributed by atoms with van der Waals surface area (Å²) in [7, 11) is 2.08. The van der Waals surface area contributed by atoms with Gasteiger partial charge in [-0.3, -0.25) is 4.90 Å². The Morgan fingerprint density at radius 1 is 1.15 bits per heavy atom. The number of piperidine rings is 1. The SMILES string of the molecule is CC1CN(Cc2nccn2C)CC2(CCN(CCc3ccccc3)CC2)O1. The molecule has 27 heavy (non-hydrogen) atoms. The number of morpholine rings is 1. The lowest BCUT2D eigenvalue weighted by Crippen LogP contribution is -2.59. The number of nitrogens with zero attached hydrogens (tertiary/aromatic N) is 4. The van der Waals surface area contributed by atoms with Gasteiger partial charge in [0.15, 0.2) is 0 Å². The highest BCUT2D eigenvalue weighted by atomic mass is 16.5. The molecule has 2 aliphatic heterocycles. The van der Waals surface area contributed by atoms with Crippen LogP contribution in [0.4, 0.5) is 0 Å². The Bertz CT molecular complexity index is 721. The van der Waals surface area contributed by atoms with E-state index in [0.29, 0.717) is 0 Å². The monoisotopic (exact) mass is 368 g/mol. The molecule has 5 nitrogen and oxygen atoms in total. The number of hydrogen-bond acceptors (Lipinski definition) is 4. The molecule has 0 saturated carbocycles. The maximum Gasteiger partial charge on any atom is 0.122 e. The van der Waals surface area contributed by atoms with Crippen molar-refractivity contribution < 1.29 is 4.74 Å². The van der Waals surface area contributed by atoms with Crippen molar-refractivity contribution in [1.82, 2.24) is 19.4 Å². The van der Waals surface area contributed by atoms with E-state index in [1.807, 2.05) is 12.4 Å². The van der Waals surface area contributed by atoms with Crippen molar-refractivity contribution in [2.45, 2.75) is 44.4 Å². The highest BCUT2D eigenvalue weighted by Gasteiger charge is 2.41. The normalized spacial score (nSPS) is 23.7. The van der Waals surface area contributed by atoms with Gasteiger partial charge in [0.2, 0.25) is 0 Å². The third kappa shape index (κ3) is 4.60. The molecular weight excluding hydrogens is 336 g/mol. The first-order chi connectivity index (χ1) is 13.1. The minimum atomic E-state index is 0.0199. The van der Waals surface area contributed by atoms with Crippen LogP contribution in [0, 0.1) is 0 Å².